The summed E-state index contributed by atoms with van der Waals surface area (Å²) in [6.07, 6.45) is -0.311. The number of benzene rings is 3. The molecule has 3 N–H and O–H groups in total. The molecule has 1 atom stereocenters. The van der Waals surface area contributed by atoms with Gasteiger partial charge >= 0.3 is 5.97 Å². The first kappa shape index (κ1) is 27.1. The van der Waals surface area contributed by atoms with E-state index in [0.29, 0.717) is 22.6 Å². The van der Waals surface area contributed by atoms with Crippen LogP contribution in [0.2, 0.25) is 0 Å². The van der Waals surface area contributed by atoms with Gasteiger partial charge in [-0.1, -0.05) is 43.0 Å². The molecule has 1 heterocycles. The second kappa shape index (κ2) is 11.2. The summed E-state index contributed by atoms with van der Waals surface area (Å²) in [5, 5.41) is 32.0. The Balaban J connectivity index is 2.04. The van der Waals surface area contributed by atoms with Gasteiger partial charge in [-0.05, 0) is 30.2 Å². The average molecular weight is 533 g/mol. The topological polar surface area (TPSA) is 136 Å². The first-order valence-corrected chi connectivity index (χ1v) is 12.0. The van der Waals surface area contributed by atoms with E-state index in [1.807, 2.05) is 0 Å². The van der Waals surface area contributed by atoms with Crippen LogP contribution < -0.4 is 14.9 Å². The van der Waals surface area contributed by atoms with Crippen molar-refractivity contribution in [3.8, 4) is 40.1 Å². The second-order valence-electron chi connectivity index (χ2n) is 8.99. The van der Waals surface area contributed by atoms with Crippen LogP contribution in [-0.4, -0.2) is 42.1 Å². The van der Waals surface area contributed by atoms with Crippen molar-refractivity contribution in [3.63, 3.8) is 0 Å². The number of carbonyl (C=O) groups is 1. The zero-order chi connectivity index (χ0) is 28.3. The van der Waals surface area contributed by atoms with Crippen molar-refractivity contribution in [1.82, 2.24) is 0 Å². The Morgan fingerprint density at radius 3 is 2.33 bits per heavy atom. The molecule has 4 rings (SSSR count). The summed E-state index contributed by atoms with van der Waals surface area (Å²) in [7, 11) is 2.69. The maximum Gasteiger partial charge on any atom is 0.306 e. The quantitative estimate of drug-likeness (QED) is 0.150. The standard InChI is InChI=1S/C30H28O9/c1-16(2)15-38-23-12-18(10-11-21(23)36-3)19(13-24(32)37-4)25-27(33)29(35)28(34)26-20(31)14-22(39-30(25)26)17-8-6-5-7-9-17/h5-12,14,19,33-35H,1,13,15H2,2-4H3/t19-/m0/s1. The minimum atomic E-state index is -1.00. The molecule has 0 aliphatic carbocycles. The number of carbonyl (C=O) groups excluding carboxylic acids is 1. The zero-order valence-electron chi connectivity index (χ0n) is 21.7. The summed E-state index contributed by atoms with van der Waals surface area (Å²) >= 11 is 0. The number of aromatic hydroxyl groups is 3. The molecule has 0 fully saturated rings. The second-order valence-corrected chi connectivity index (χ2v) is 8.99. The predicted octanol–water partition coefficient (Wildman–Crippen LogP) is 5.24. The van der Waals surface area contributed by atoms with E-state index in [1.165, 1.54) is 20.3 Å². The van der Waals surface area contributed by atoms with Crippen LogP contribution in [0.5, 0.6) is 28.7 Å². The van der Waals surface area contributed by atoms with Crippen LogP contribution in [0.3, 0.4) is 0 Å². The third-order valence-corrected chi connectivity index (χ3v) is 6.20. The Morgan fingerprint density at radius 1 is 0.974 bits per heavy atom. The molecule has 0 amide bonds. The van der Waals surface area contributed by atoms with Gasteiger partial charge in [0.2, 0.25) is 5.75 Å². The number of esters is 1. The van der Waals surface area contributed by atoms with Crippen molar-refractivity contribution in [2.75, 3.05) is 20.8 Å². The summed E-state index contributed by atoms with van der Waals surface area (Å²) in [5.74, 6) is -3.22. The molecule has 0 bridgehead atoms. The van der Waals surface area contributed by atoms with Gasteiger partial charge in [0.25, 0.3) is 0 Å². The predicted molar refractivity (Wildman–Crippen MR) is 145 cm³/mol. The van der Waals surface area contributed by atoms with Crippen molar-refractivity contribution < 1.29 is 38.7 Å². The molecular weight excluding hydrogens is 504 g/mol. The number of hydrogen-bond acceptors (Lipinski definition) is 9. The van der Waals surface area contributed by atoms with Gasteiger partial charge in [0.05, 0.1) is 20.6 Å². The smallest absolute Gasteiger partial charge is 0.306 e. The van der Waals surface area contributed by atoms with Gasteiger partial charge in [-0.15, -0.1) is 0 Å². The molecule has 0 radical (unpaired) electrons. The van der Waals surface area contributed by atoms with E-state index in [9.17, 15) is 24.9 Å². The lowest BCUT2D eigenvalue weighted by molar-refractivity contribution is -0.140. The van der Waals surface area contributed by atoms with Crippen LogP contribution in [0.4, 0.5) is 0 Å². The number of methoxy groups -OCH3 is 2. The highest BCUT2D eigenvalue weighted by molar-refractivity contribution is 5.93. The van der Waals surface area contributed by atoms with Crippen LogP contribution in [0.1, 0.15) is 30.4 Å². The Bertz CT molecular complexity index is 1600. The number of ether oxygens (including phenoxy) is 3. The third-order valence-electron chi connectivity index (χ3n) is 6.20. The average Bonchev–Trinajstić information content (AvgIpc) is 2.94. The molecular formula is C30H28O9. The molecule has 0 aliphatic heterocycles. The molecule has 0 saturated carbocycles. The third kappa shape index (κ3) is 5.38. The molecule has 0 saturated heterocycles. The molecule has 3 aromatic carbocycles. The van der Waals surface area contributed by atoms with Gasteiger partial charge in [0.1, 0.15) is 23.3 Å². The molecule has 0 unspecified atom stereocenters. The maximum absolute atomic E-state index is 13.2. The maximum atomic E-state index is 13.2. The van der Waals surface area contributed by atoms with Gasteiger partial charge in [0.15, 0.2) is 28.4 Å². The Morgan fingerprint density at radius 2 is 1.69 bits per heavy atom. The summed E-state index contributed by atoms with van der Waals surface area (Å²) < 4.78 is 22.2. The van der Waals surface area contributed by atoms with Crippen molar-refractivity contribution in [2.24, 2.45) is 0 Å². The van der Waals surface area contributed by atoms with E-state index >= 15 is 0 Å². The van der Waals surface area contributed by atoms with Gasteiger partial charge in [-0.25, -0.2) is 0 Å². The normalized spacial score (nSPS) is 11.7. The SMILES string of the molecule is C=C(C)COc1cc([C@H](CC(=O)OC)c2c(O)c(O)c(O)c3c(=O)cc(-c4ccccc4)oc23)ccc1OC. The number of phenolic OH excluding ortho intramolecular Hbond substituents is 3. The van der Waals surface area contributed by atoms with Gasteiger partial charge in [-0.3, -0.25) is 9.59 Å². The fourth-order valence-electron chi connectivity index (χ4n) is 4.30. The van der Waals surface area contributed by atoms with Crippen LogP contribution in [0.25, 0.3) is 22.3 Å². The van der Waals surface area contributed by atoms with Crippen LogP contribution >= 0.6 is 0 Å². The first-order chi connectivity index (χ1) is 18.7. The highest BCUT2D eigenvalue weighted by Gasteiger charge is 2.31. The fraction of sp³-hybridized carbons (Fsp3) is 0.200. The Hall–Kier alpha value is -4.92. The Labute approximate surface area is 224 Å². The van der Waals surface area contributed by atoms with Crippen LogP contribution in [0, 0.1) is 0 Å². The van der Waals surface area contributed by atoms with E-state index < -0.39 is 34.6 Å². The Kier molecular flexibility index (Phi) is 7.80. The van der Waals surface area contributed by atoms with Crippen molar-refractivity contribution in [2.45, 2.75) is 19.3 Å². The zero-order valence-corrected chi connectivity index (χ0v) is 21.7. The highest BCUT2D eigenvalue weighted by atomic mass is 16.5. The van der Waals surface area contributed by atoms with Crippen LogP contribution in [-0.2, 0) is 9.53 Å². The lowest BCUT2D eigenvalue weighted by atomic mass is 9.86. The van der Waals surface area contributed by atoms with Gasteiger partial charge in [0, 0.05) is 23.1 Å². The number of rotatable bonds is 9. The van der Waals surface area contributed by atoms with E-state index in [1.54, 1.807) is 55.5 Å². The van der Waals surface area contributed by atoms with E-state index in [0.717, 1.165) is 5.57 Å². The summed E-state index contributed by atoms with van der Waals surface area (Å²) in [5.41, 5.74) is 0.850. The first-order valence-electron chi connectivity index (χ1n) is 12.0. The molecule has 9 nitrogen and oxygen atoms in total. The van der Waals surface area contributed by atoms with Crippen LogP contribution in [0.15, 0.2) is 76.0 Å². The summed E-state index contributed by atoms with van der Waals surface area (Å²) in [4.78, 5) is 25.8. The molecule has 202 valence electrons. The lowest BCUT2D eigenvalue weighted by Gasteiger charge is -2.22. The molecule has 39 heavy (non-hydrogen) atoms. The number of phenols is 3. The lowest BCUT2D eigenvalue weighted by Crippen LogP contribution is -2.13. The van der Waals surface area contributed by atoms with Gasteiger partial charge in [-0.2, -0.15) is 0 Å². The molecule has 0 aliphatic rings. The molecule has 1 aromatic heterocycles. The van der Waals surface area contributed by atoms with Gasteiger partial charge < -0.3 is 33.9 Å². The fourth-order valence-corrected chi connectivity index (χ4v) is 4.30. The highest BCUT2D eigenvalue weighted by Crippen LogP contribution is 2.50. The van der Waals surface area contributed by atoms with Crippen molar-refractivity contribution >= 4 is 16.9 Å². The number of hydrogen-bond donors (Lipinski definition) is 3. The number of fused-ring (bicyclic) bond motifs is 1. The van der Waals surface area contributed by atoms with E-state index in [4.69, 9.17) is 18.6 Å². The van der Waals surface area contributed by atoms with Crippen molar-refractivity contribution in [3.05, 3.63) is 88.1 Å². The van der Waals surface area contributed by atoms with E-state index in [2.05, 4.69) is 6.58 Å². The molecule has 9 heteroatoms. The molecule has 4 aromatic rings. The summed E-state index contributed by atoms with van der Waals surface area (Å²) in [6.45, 7) is 5.83. The molecule has 0 spiro atoms. The van der Waals surface area contributed by atoms with E-state index in [-0.39, 0.29) is 35.3 Å². The summed E-state index contributed by atoms with van der Waals surface area (Å²) in [6, 6.07) is 14.8. The van der Waals surface area contributed by atoms with Crippen molar-refractivity contribution in [1.29, 1.82) is 0 Å². The minimum absolute atomic E-state index is 0.0865. The largest absolute Gasteiger partial charge is 0.504 e. The minimum Gasteiger partial charge on any atom is -0.504 e. The monoisotopic (exact) mass is 532 g/mol.